The molecule has 5 heteroatoms. The number of nitrogens with zero attached hydrogens (tertiary/aromatic N) is 2. The van der Waals surface area contributed by atoms with Gasteiger partial charge >= 0.3 is 5.97 Å². The average molecular weight is 273 g/mol. The predicted octanol–water partition coefficient (Wildman–Crippen LogP) is 2.80. The highest BCUT2D eigenvalue weighted by atomic mass is 16.4. The number of nitrogens with two attached hydrogens (primary N) is 1. The Balaban J connectivity index is 2.37. The lowest BCUT2D eigenvalue weighted by Gasteiger charge is -2.27. The quantitative estimate of drug-likeness (QED) is 0.842. The Morgan fingerprint density at radius 2 is 1.90 bits per heavy atom. The second kappa shape index (κ2) is 5.00. The van der Waals surface area contributed by atoms with Crippen LogP contribution in [-0.4, -0.2) is 20.6 Å². The highest BCUT2D eigenvalue weighted by Crippen LogP contribution is 2.32. The summed E-state index contributed by atoms with van der Waals surface area (Å²) in [5.74, 6) is -0.862. The SMILES string of the molecule is CC(C)(C)C(C(=O)O)n1cnc(-c2ccc(N)cc2)c1. The van der Waals surface area contributed by atoms with Crippen LogP contribution in [0.2, 0.25) is 0 Å². The molecule has 5 nitrogen and oxygen atoms in total. The van der Waals surface area contributed by atoms with E-state index < -0.39 is 17.4 Å². The second-order valence-corrected chi connectivity index (χ2v) is 5.93. The monoisotopic (exact) mass is 273 g/mol. The van der Waals surface area contributed by atoms with Crippen LogP contribution in [0.4, 0.5) is 5.69 Å². The number of imidazole rings is 1. The number of carboxylic acid groups (broad SMARTS) is 1. The number of hydrogen-bond donors (Lipinski definition) is 2. The van der Waals surface area contributed by atoms with E-state index in [2.05, 4.69) is 4.98 Å². The number of benzene rings is 1. The van der Waals surface area contributed by atoms with Crippen molar-refractivity contribution in [3.63, 3.8) is 0 Å². The van der Waals surface area contributed by atoms with Gasteiger partial charge in [-0.25, -0.2) is 9.78 Å². The van der Waals surface area contributed by atoms with Gasteiger partial charge in [-0.3, -0.25) is 0 Å². The molecular weight excluding hydrogens is 254 g/mol. The minimum atomic E-state index is -0.862. The molecule has 0 amide bonds. The third-order valence-electron chi connectivity index (χ3n) is 3.16. The zero-order valence-electron chi connectivity index (χ0n) is 11.9. The lowest BCUT2D eigenvalue weighted by Crippen LogP contribution is -2.30. The number of hydrogen-bond acceptors (Lipinski definition) is 3. The highest BCUT2D eigenvalue weighted by molar-refractivity contribution is 5.73. The molecular formula is C15H19N3O2. The van der Waals surface area contributed by atoms with Crippen molar-refractivity contribution >= 4 is 11.7 Å². The molecule has 0 aliphatic carbocycles. The molecule has 0 fully saturated rings. The highest BCUT2D eigenvalue weighted by Gasteiger charge is 2.32. The molecule has 0 aliphatic rings. The van der Waals surface area contributed by atoms with E-state index in [0.717, 1.165) is 11.3 Å². The van der Waals surface area contributed by atoms with Gasteiger partial charge in [0.15, 0.2) is 0 Å². The van der Waals surface area contributed by atoms with Crippen LogP contribution in [0.1, 0.15) is 26.8 Å². The molecule has 0 spiro atoms. The first-order valence-corrected chi connectivity index (χ1v) is 6.41. The summed E-state index contributed by atoms with van der Waals surface area (Å²) < 4.78 is 1.65. The van der Waals surface area contributed by atoms with Gasteiger partial charge in [-0.05, 0) is 17.5 Å². The predicted molar refractivity (Wildman–Crippen MR) is 78.2 cm³/mol. The molecule has 1 atom stereocenters. The molecule has 0 radical (unpaired) electrons. The summed E-state index contributed by atoms with van der Waals surface area (Å²) in [5, 5.41) is 9.41. The summed E-state index contributed by atoms with van der Waals surface area (Å²) >= 11 is 0. The van der Waals surface area contributed by atoms with Crippen molar-refractivity contribution in [3.05, 3.63) is 36.8 Å². The third kappa shape index (κ3) is 2.82. The summed E-state index contributed by atoms with van der Waals surface area (Å²) in [5.41, 5.74) is 7.59. The fourth-order valence-electron chi connectivity index (χ4n) is 2.23. The lowest BCUT2D eigenvalue weighted by molar-refractivity contribution is -0.144. The molecule has 0 bridgehead atoms. The Morgan fingerprint density at radius 3 is 2.40 bits per heavy atom. The van der Waals surface area contributed by atoms with E-state index in [1.165, 1.54) is 0 Å². The number of rotatable bonds is 3. The fraction of sp³-hybridized carbons (Fsp3) is 0.333. The van der Waals surface area contributed by atoms with Crippen LogP contribution in [0.15, 0.2) is 36.8 Å². The maximum absolute atomic E-state index is 11.5. The zero-order valence-corrected chi connectivity index (χ0v) is 11.9. The minimum Gasteiger partial charge on any atom is -0.480 e. The lowest BCUT2D eigenvalue weighted by atomic mass is 9.86. The summed E-state index contributed by atoms with van der Waals surface area (Å²) in [6.07, 6.45) is 3.32. The van der Waals surface area contributed by atoms with Crippen molar-refractivity contribution in [2.24, 2.45) is 5.41 Å². The van der Waals surface area contributed by atoms with Crippen molar-refractivity contribution < 1.29 is 9.90 Å². The average Bonchev–Trinajstić information content (AvgIpc) is 2.76. The van der Waals surface area contributed by atoms with Crippen LogP contribution in [0.5, 0.6) is 0 Å². The molecule has 0 saturated carbocycles. The van der Waals surface area contributed by atoms with E-state index >= 15 is 0 Å². The molecule has 1 aromatic carbocycles. The Hall–Kier alpha value is -2.30. The van der Waals surface area contributed by atoms with Crippen molar-refractivity contribution in [2.45, 2.75) is 26.8 Å². The van der Waals surface area contributed by atoms with Crippen molar-refractivity contribution in [1.29, 1.82) is 0 Å². The standard InChI is InChI=1S/C15H19N3O2/c1-15(2,3)13(14(19)20)18-8-12(17-9-18)10-4-6-11(16)7-5-10/h4-9,13H,16H2,1-3H3,(H,19,20). The van der Waals surface area contributed by atoms with Crippen LogP contribution in [0.3, 0.4) is 0 Å². The van der Waals surface area contributed by atoms with Crippen LogP contribution < -0.4 is 5.73 Å². The van der Waals surface area contributed by atoms with Crippen LogP contribution in [0.25, 0.3) is 11.3 Å². The van der Waals surface area contributed by atoms with Crippen molar-refractivity contribution in [1.82, 2.24) is 9.55 Å². The van der Waals surface area contributed by atoms with Crippen molar-refractivity contribution in [2.75, 3.05) is 5.73 Å². The van der Waals surface area contributed by atoms with E-state index in [1.54, 1.807) is 29.2 Å². The second-order valence-electron chi connectivity index (χ2n) is 5.93. The Kier molecular flexibility index (Phi) is 3.53. The Bertz CT molecular complexity index is 609. The van der Waals surface area contributed by atoms with Crippen LogP contribution in [-0.2, 0) is 4.79 Å². The number of carbonyl (C=O) groups is 1. The number of anilines is 1. The zero-order chi connectivity index (χ0) is 14.9. The largest absolute Gasteiger partial charge is 0.480 e. The van der Waals surface area contributed by atoms with E-state index in [0.29, 0.717) is 5.69 Å². The first-order valence-electron chi connectivity index (χ1n) is 6.41. The smallest absolute Gasteiger partial charge is 0.327 e. The van der Waals surface area contributed by atoms with Crippen LogP contribution in [0, 0.1) is 5.41 Å². The number of aliphatic carboxylic acids is 1. The van der Waals surface area contributed by atoms with Gasteiger partial charge in [-0.15, -0.1) is 0 Å². The molecule has 1 unspecified atom stereocenters. The maximum atomic E-state index is 11.5. The van der Waals surface area contributed by atoms with E-state index in [-0.39, 0.29) is 0 Å². The van der Waals surface area contributed by atoms with E-state index in [1.807, 2.05) is 32.9 Å². The first kappa shape index (κ1) is 14.1. The summed E-state index contributed by atoms with van der Waals surface area (Å²) in [7, 11) is 0. The Morgan fingerprint density at radius 1 is 1.30 bits per heavy atom. The number of nitrogen functional groups attached to an aromatic ring is 1. The van der Waals surface area contributed by atoms with Crippen LogP contribution >= 0.6 is 0 Å². The molecule has 0 aliphatic heterocycles. The fourth-order valence-corrected chi connectivity index (χ4v) is 2.23. The van der Waals surface area contributed by atoms with Gasteiger partial charge in [0, 0.05) is 17.4 Å². The number of carboxylic acids is 1. The molecule has 20 heavy (non-hydrogen) atoms. The van der Waals surface area contributed by atoms with Gasteiger partial charge in [0.05, 0.1) is 12.0 Å². The molecule has 1 heterocycles. The van der Waals surface area contributed by atoms with Gasteiger partial charge < -0.3 is 15.4 Å². The third-order valence-corrected chi connectivity index (χ3v) is 3.16. The van der Waals surface area contributed by atoms with Gasteiger partial charge in [0.1, 0.15) is 6.04 Å². The molecule has 1 aromatic heterocycles. The molecule has 2 rings (SSSR count). The summed E-state index contributed by atoms with van der Waals surface area (Å²) in [6, 6.07) is 6.68. The van der Waals surface area contributed by atoms with Gasteiger partial charge in [-0.2, -0.15) is 0 Å². The van der Waals surface area contributed by atoms with Crippen molar-refractivity contribution in [3.8, 4) is 11.3 Å². The minimum absolute atomic E-state index is 0.398. The summed E-state index contributed by atoms with van der Waals surface area (Å²) in [6.45, 7) is 5.69. The normalized spacial score (nSPS) is 13.2. The Labute approximate surface area is 118 Å². The van der Waals surface area contributed by atoms with Gasteiger partial charge in [0.2, 0.25) is 0 Å². The summed E-state index contributed by atoms with van der Waals surface area (Å²) in [4.78, 5) is 15.8. The topological polar surface area (TPSA) is 81.1 Å². The van der Waals surface area contributed by atoms with Gasteiger partial charge in [0.25, 0.3) is 0 Å². The first-order chi connectivity index (χ1) is 9.29. The molecule has 106 valence electrons. The van der Waals surface area contributed by atoms with Gasteiger partial charge in [-0.1, -0.05) is 32.9 Å². The molecule has 2 aromatic rings. The maximum Gasteiger partial charge on any atom is 0.327 e. The number of aromatic nitrogens is 2. The molecule has 3 N–H and O–H groups in total. The van der Waals surface area contributed by atoms with E-state index in [4.69, 9.17) is 5.73 Å². The molecule has 0 saturated heterocycles. The van der Waals surface area contributed by atoms with E-state index in [9.17, 15) is 9.90 Å².